The fraction of sp³-hybridized carbons (Fsp3) is 0.0870. The molecular formula is C23H18F3N3O3S. The van der Waals surface area contributed by atoms with Crippen LogP contribution in [0.1, 0.15) is 11.4 Å². The minimum Gasteiger partial charge on any atom is -0.406 e. The summed E-state index contributed by atoms with van der Waals surface area (Å²) in [5.41, 5.74) is 3.05. The van der Waals surface area contributed by atoms with Crippen LogP contribution < -0.4 is 9.46 Å². The van der Waals surface area contributed by atoms with Crippen molar-refractivity contribution in [2.24, 2.45) is 0 Å². The van der Waals surface area contributed by atoms with Crippen LogP contribution >= 0.6 is 0 Å². The number of H-pyrrole nitrogens is 1. The number of halogens is 3. The van der Waals surface area contributed by atoms with Crippen LogP contribution in [-0.2, 0) is 10.0 Å². The van der Waals surface area contributed by atoms with E-state index in [1.54, 1.807) is 54.6 Å². The molecule has 0 aliphatic carbocycles. The van der Waals surface area contributed by atoms with Crippen LogP contribution in [0.4, 0.5) is 13.2 Å². The van der Waals surface area contributed by atoms with Gasteiger partial charge in [0.05, 0.1) is 15.9 Å². The Hall–Kier alpha value is -3.63. The molecule has 0 amide bonds. The predicted octanol–water partition coefficient (Wildman–Crippen LogP) is 5.21. The van der Waals surface area contributed by atoms with Crippen molar-refractivity contribution in [3.8, 4) is 16.9 Å². The summed E-state index contributed by atoms with van der Waals surface area (Å²) in [6.07, 6.45) is -1.52. The second kappa shape index (κ2) is 8.72. The Morgan fingerprint density at radius 2 is 1.79 bits per heavy atom. The molecule has 0 saturated carbocycles. The second-order valence-corrected chi connectivity index (χ2v) is 8.87. The molecule has 4 rings (SSSR count). The van der Waals surface area contributed by atoms with Gasteiger partial charge in [-0.3, -0.25) is 0 Å². The van der Waals surface area contributed by atoms with E-state index in [2.05, 4.69) is 19.4 Å². The molecule has 0 aliphatic heterocycles. The molecule has 0 saturated heterocycles. The fourth-order valence-corrected chi connectivity index (χ4v) is 4.26. The monoisotopic (exact) mass is 473 g/mol. The van der Waals surface area contributed by atoms with E-state index in [1.165, 1.54) is 31.3 Å². The molecular weight excluding hydrogens is 455 g/mol. The smallest absolute Gasteiger partial charge is 0.406 e. The Balaban J connectivity index is 1.64. The molecule has 10 heteroatoms. The number of ether oxygens (including phenoxy) is 1. The number of nitrogens with one attached hydrogen (secondary N) is 2. The molecule has 0 bridgehead atoms. The summed E-state index contributed by atoms with van der Waals surface area (Å²) in [4.78, 5) is 7.76. The lowest BCUT2D eigenvalue weighted by Gasteiger charge is -2.09. The average Bonchev–Trinajstić information content (AvgIpc) is 3.19. The number of nitrogens with zero attached hydrogens (tertiary/aromatic N) is 1. The van der Waals surface area contributed by atoms with Crippen molar-refractivity contribution in [1.29, 1.82) is 0 Å². The first-order valence-electron chi connectivity index (χ1n) is 9.71. The Morgan fingerprint density at radius 3 is 2.55 bits per heavy atom. The van der Waals surface area contributed by atoms with E-state index in [0.29, 0.717) is 28.0 Å². The summed E-state index contributed by atoms with van der Waals surface area (Å²) in [7, 11) is -2.30. The highest BCUT2D eigenvalue weighted by molar-refractivity contribution is 7.89. The van der Waals surface area contributed by atoms with Gasteiger partial charge in [-0.25, -0.2) is 18.1 Å². The van der Waals surface area contributed by atoms with Gasteiger partial charge in [0, 0.05) is 5.56 Å². The highest BCUT2D eigenvalue weighted by Gasteiger charge is 2.31. The third-order valence-electron chi connectivity index (χ3n) is 4.78. The Kier molecular flexibility index (Phi) is 5.96. The van der Waals surface area contributed by atoms with Gasteiger partial charge in [0.25, 0.3) is 0 Å². The molecule has 1 heterocycles. The van der Waals surface area contributed by atoms with E-state index in [1.807, 2.05) is 0 Å². The summed E-state index contributed by atoms with van der Waals surface area (Å²) < 4.78 is 68.2. The van der Waals surface area contributed by atoms with Crippen LogP contribution in [0, 0.1) is 0 Å². The van der Waals surface area contributed by atoms with Gasteiger partial charge in [0.15, 0.2) is 0 Å². The van der Waals surface area contributed by atoms with E-state index in [4.69, 9.17) is 0 Å². The second-order valence-electron chi connectivity index (χ2n) is 7.01. The number of fused-ring (bicyclic) bond motifs is 1. The van der Waals surface area contributed by atoms with Crippen LogP contribution in [0.15, 0.2) is 71.6 Å². The Bertz CT molecular complexity index is 1440. The van der Waals surface area contributed by atoms with Gasteiger partial charge in [0.2, 0.25) is 10.0 Å². The van der Waals surface area contributed by atoms with Crippen LogP contribution in [0.25, 0.3) is 34.3 Å². The van der Waals surface area contributed by atoms with Gasteiger partial charge in [-0.1, -0.05) is 42.5 Å². The highest BCUT2D eigenvalue weighted by Crippen LogP contribution is 2.29. The molecule has 0 fully saturated rings. The molecule has 2 N–H and O–H groups in total. The van der Waals surface area contributed by atoms with Gasteiger partial charge >= 0.3 is 6.36 Å². The lowest BCUT2D eigenvalue weighted by Crippen LogP contribution is -2.19. The first-order valence-corrected chi connectivity index (χ1v) is 11.2. The number of rotatable bonds is 6. The molecule has 1 aromatic heterocycles. The standard InChI is InChI=1S/C23H18F3N3O3S/c1-27-33(30,31)21-8-3-2-7-18(21)16-10-11-19-20(14-16)29-22(28-19)12-9-15-5-4-6-17(13-15)32-23(24,25)26/h2-14,27H,1H3,(H,28,29)/b12-9+. The number of hydrogen-bond donors (Lipinski definition) is 2. The first-order chi connectivity index (χ1) is 15.6. The molecule has 0 aliphatic rings. The average molecular weight is 473 g/mol. The minimum atomic E-state index is -4.76. The SMILES string of the molecule is CNS(=O)(=O)c1ccccc1-c1ccc2[nH]c(/C=C/c3cccc(OC(F)(F)F)c3)nc2c1. The summed E-state index contributed by atoms with van der Waals surface area (Å²) >= 11 is 0. The molecule has 3 aromatic carbocycles. The minimum absolute atomic E-state index is 0.156. The van der Waals surface area contributed by atoms with Crippen LogP contribution in [0.2, 0.25) is 0 Å². The maximum absolute atomic E-state index is 12.4. The number of alkyl halides is 3. The van der Waals surface area contributed by atoms with Crippen molar-refractivity contribution >= 4 is 33.2 Å². The maximum atomic E-state index is 12.4. The molecule has 0 radical (unpaired) electrons. The molecule has 33 heavy (non-hydrogen) atoms. The number of sulfonamides is 1. The van der Waals surface area contributed by atoms with Crippen LogP contribution in [0.3, 0.4) is 0 Å². The normalized spacial score (nSPS) is 12.5. The number of benzene rings is 3. The molecule has 6 nitrogen and oxygen atoms in total. The summed E-state index contributed by atoms with van der Waals surface area (Å²) in [6, 6.07) is 17.6. The van der Waals surface area contributed by atoms with E-state index in [0.717, 1.165) is 5.52 Å². The number of hydrogen-bond acceptors (Lipinski definition) is 4. The van der Waals surface area contributed by atoms with Crippen LogP contribution in [0.5, 0.6) is 5.75 Å². The topological polar surface area (TPSA) is 84.1 Å². The largest absolute Gasteiger partial charge is 0.573 e. The Labute approximate surface area is 187 Å². The number of aromatic amines is 1. The van der Waals surface area contributed by atoms with E-state index in [-0.39, 0.29) is 10.6 Å². The molecule has 0 spiro atoms. The van der Waals surface area contributed by atoms with Gasteiger partial charge in [0.1, 0.15) is 11.6 Å². The summed E-state index contributed by atoms with van der Waals surface area (Å²) in [5, 5.41) is 0. The van der Waals surface area contributed by atoms with Gasteiger partial charge < -0.3 is 9.72 Å². The molecule has 0 unspecified atom stereocenters. The highest BCUT2D eigenvalue weighted by atomic mass is 32.2. The lowest BCUT2D eigenvalue weighted by molar-refractivity contribution is -0.274. The van der Waals surface area contributed by atoms with Crippen molar-refractivity contribution in [2.45, 2.75) is 11.3 Å². The zero-order chi connectivity index (χ0) is 23.6. The fourth-order valence-electron chi connectivity index (χ4n) is 3.31. The first kappa shape index (κ1) is 22.6. The third-order valence-corrected chi connectivity index (χ3v) is 6.26. The Morgan fingerprint density at radius 1 is 1.00 bits per heavy atom. The van der Waals surface area contributed by atoms with E-state index in [9.17, 15) is 21.6 Å². The van der Waals surface area contributed by atoms with Crippen molar-refractivity contribution < 1.29 is 26.3 Å². The molecule has 4 aromatic rings. The van der Waals surface area contributed by atoms with Gasteiger partial charge in [-0.05, 0) is 54.6 Å². The zero-order valence-corrected chi connectivity index (χ0v) is 18.0. The van der Waals surface area contributed by atoms with Crippen molar-refractivity contribution in [2.75, 3.05) is 7.05 Å². The quantitative estimate of drug-likeness (QED) is 0.403. The molecule has 0 atom stereocenters. The predicted molar refractivity (Wildman–Crippen MR) is 120 cm³/mol. The van der Waals surface area contributed by atoms with Crippen molar-refractivity contribution in [1.82, 2.24) is 14.7 Å². The lowest BCUT2D eigenvalue weighted by atomic mass is 10.1. The van der Waals surface area contributed by atoms with Gasteiger partial charge in [-0.2, -0.15) is 0 Å². The van der Waals surface area contributed by atoms with E-state index >= 15 is 0 Å². The number of imidazole rings is 1. The zero-order valence-electron chi connectivity index (χ0n) is 17.2. The summed E-state index contributed by atoms with van der Waals surface area (Å²) in [6.45, 7) is 0. The van der Waals surface area contributed by atoms with Gasteiger partial charge in [-0.15, -0.1) is 13.2 Å². The maximum Gasteiger partial charge on any atom is 0.573 e. The van der Waals surface area contributed by atoms with E-state index < -0.39 is 16.4 Å². The van der Waals surface area contributed by atoms with Crippen molar-refractivity contribution in [3.05, 3.63) is 78.1 Å². The van der Waals surface area contributed by atoms with Crippen LogP contribution in [-0.4, -0.2) is 31.8 Å². The molecule has 170 valence electrons. The third kappa shape index (κ3) is 5.24. The van der Waals surface area contributed by atoms with Crippen molar-refractivity contribution in [3.63, 3.8) is 0 Å². The number of aromatic nitrogens is 2. The summed E-state index contributed by atoms with van der Waals surface area (Å²) in [5.74, 6) is 0.175.